The van der Waals surface area contributed by atoms with Gasteiger partial charge in [0.05, 0.1) is 12.9 Å². The maximum atomic E-state index is 12.8. The highest BCUT2D eigenvalue weighted by Gasteiger charge is 2.25. The smallest absolute Gasteiger partial charge is 0.309 e. The summed E-state index contributed by atoms with van der Waals surface area (Å²) in [6, 6.07) is 5.19. The molecule has 0 saturated heterocycles. The molecular weight excluding hydrogens is 366 g/mol. The van der Waals surface area contributed by atoms with Gasteiger partial charge >= 0.3 is 10.1 Å². The van der Waals surface area contributed by atoms with Gasteiger partial charge in [-0.25, -0.2) is 0 Å². The molecule has 0 bridgehead atoms. The molecule has 0 N–H and O–H groups in total. The van der Waals surface area contributed by atoms with E-state index >= 15 is 0 Å². The SMILES string of the molecule is CCC(C)N(Cc1ccc(OC)c(OS(=O)(=O)CC)c1)C(=O)CC(C)(C)C. The quantitative estimate of drug-likeness (QED) is 0.587. The van der Waals surface area contributed by atoms with E-state index in [0.717, 1.165) is 12.0 Å². The molecule has 0 heterocycles. The van der Waals surface area contributed by atoms with Crippen LogP contribution in [0, 0.1) is 5.41 Å². The molecule has 0 radical (unpaired) electrons. The molecular formula is C20H33NO5S. The number of rotatable bonds is 9. The third-order valence-electron chi connectivity index (χ3n) is 4.28. The first-order chi connectivity index (χ1) is 12.4. The van der Waals surface area contributed by atoms with E-state index in [1.54, 1.807) is 12.1 Å². The maximum Gasteiger partial charge on any atom is 0.309 e. The van der Waals surface area contributed by atoms with Crippen LogP contribution in [-0.4, -0.2) is 38.1 Å². The fourth-order valence-electron chi connectivity index (χ4n) is 2.54. The molecule has 0 saturated carbocycles. The lowest BCUT2D eigenvalue weighted by molar-refractivity contribution is -0.135. The zero-order valence-corrected chi connectivity index (χ0v) is 18.4. The minimum atomic E-state index is -3.67. The fourth-order valence-corrected chi connectivity index (χ4v) is 3.06. The van der Waals surface area contributed by atoms with Crippen LogP contribution in [0.25, 0.3) is 0 Å². The Bertz CT molecular complexity index is 737. The average molecular weight is 400 g/mol. The number of methoxy groups -OCH3 is 1. The highest BCUT2D eigenvalue weighted by atomic mass is 32.2. The summed E-state index contributed by atoms with van der Waals surface area (Å²) in [5.74, 6) is 0.427. The third-order valence-corrected chi connectivity index (χ3v) is 5.42. The van der Waals surface area contributed by atoms with Crippen LogP contribution in [0.5, 0.6) is 11.5 Å². The van der Waals surface area contributed by atoms with Crippen LogP contribution < -0.4 is 8.92 Å². The van der Waals surface area contributed by atoms with Crippen LogP contribution in [0.3, 0.4) is 0 Å². The molecule has 1 amide bonds. The zero-order chi connectivity index (χ0) is 20.8. The molecule has 0 fully saturated rings. The minimum absolute atomic E-state index is 0.0747. The van der Waals surface area contributed by atoms with E-state index in [-0.39, 0.29) is 28.9 Å². The second-order valence-electron chi connectivity index (χ2n) is 7.93. The van der Waals surface area contributed by atoms with Gasteiger partial charge in [0, 0.05) is 19.0 Å². The van der Waals surface area contributed by atoms with E-state index in [1.807, 2.05) is 45.6 Å². The molecule has 1 unspecified atom stereocenters. The van der Waals surface area contributed by atoms with Crippen molar-refractivity contribution in [2.45, 2.75) is 67.0 Å². The number of hydrogen-bond donors (Lipinski definition) is 0. The van der Waals surface area contributed by atoms with E-state index < -0.39 is 10.1 Å². The number of nitrogens with zero attached hydrogens (tertiary/aromatic N) is 1. The van der Waals surface area contributed by atoms with Crippen LogP contribution in [0.1, 0.15) is 59.9 Å². The number of ether oxygens (including phenoxy) is 1. The zero-order valence-electron chi connectivity index (χ0n) is 17.5. The topological polar surface area (TPSA) is 72.9 Å². The second kappa shape index (κ2) is 9.44. The summed E-state index contributed by atoms with van der Waals surface area (Å²) in [5.41, 5.74) is 0.686. The molecule has 1 aromatic carbocycles. The number of carbonyl (C=O) groups is 1. The van der Waals surface area contributed by atoms with E-state index in [2.05, 4.69) is 0 Å². The highest BCUT2D eigenvalue weighted by Crippen LogP contribution is 2.31. The second-order valence-corrected chi connectivity index (χ2v) is 9.79. The maximum absolute atomic E-state index is 12.8. The van der Waals surface area contributed by atoms with E-state index in [4.69, 9.17) is 8.92 Å². The molecule has 1 rings (SSSR count). The molecule has 154 valence electrons. The van der Waals surface area contributed by atoms with Gasteiger partial charge in [-0.15, -0.1) is 0 Å². The van der Waals surface area contributed by atoms with Crippen molar-refractivity contribution >= 4 is 16.0 Å². The van der Waals surface area contributed by atoms with Crippen molar-refractivity contribution in [3.8, 4) is 11.5 Å². The molecule has 7 heteroatoms. The van der Waals surface area contributed by atoms with Crippen molar-refractivity contribution in [2.75, 3.05) is 12.9 Å². The van der Waals surface area contributed by atoms with Crippen LogP contribution >= 0.6 is 0 Å². The molecule has 0 spiro atoms. The first kappa shape index (κ1) is 23.3. The first-order valence-electron chi connectivity index (χ1n) is 9.31. The van der Waals surface area contributed by atoms with Gasteiger partial charge in [-0.3, -0.25) is 4.79 Å². The number of benzene rings is 1. The Labute approximate surface area is 164 Å². The Morgan fingerprint density at radius 3 is 2.30 bits per heavy atom. The Hall–Kier alpha value is -1.76. The van der Waals surface area contributed by atoms with Crippen LogP contribution in [0.2, 0.25) is 0 Å². The summed E-state index contributed by atoms with van der Waals surface area (Å²) in [4.78, 5) is 14.7. The molecule has 6 nitrogen and oxygen atoms in total. The summed E-state index contributed by atoms with van der Waals surface area (Å²) >= 11 is 0. The minimum Gasteiger partial charge on any atom is -0.493 e. The molecule has 1 aromatic rings. The summed E-state index contributed by atoms with van der Waals surface area (Å²) < 4.78 is 34.1. The molecule has 0 aliphatic rings. The summed E-state index contributed by atoms with van der Waals surface area (Å²) in [6.45, 7) is 12.1. The summed E-state index contributed by atoms with van der Waals surface area (Å²) in [7, 11) is -2.22. The van der Waals surface area contributed by atoms with E-state index in [0.29, 0.717) is 18.7 Å². The van der Waals surface area contributed by atoms with Crippen molar-refractivity contribution in [1.29, 1.82) is 0 Å². The van der Waals surface area contributed by atoms with Crippen molar-refractivity contribution in [1.82, 2.24) is 4.90 Å². The first-order valence-corrected chi connectivity index (χ1v) is 10.9. The third kappa shape index (κ3) is 7.40. The van der Waals surface area contributed by atoms with Gasteiger partial charge in [-0.1, -0.05) is 33.8 Å². The summed E-state index contributed by atoms with van der Waals surface area (Å²) in [5, 5.41) is 0. The molecule has 0 aliphatic carbocycles. The molecule has 0 aromatic heterocycles. The van der Waals surface area contributed by atoms with Crippen molar-refractivity contribution in [2.24, 2.45) is 5.41 Å². The van der Waals surface area contributed by atoms with Gasteiger partial charge in [-0.05, 0) is 43.4 Å². The lowest BCUT2D eigenvalue weighted by Gasteiger charge is -2.31. The van der Waals surface area contributed by atoms with Crippen LogP contribution in [-0.2, 0) is 21.5 Å². The summed E-state index contributed by atoms with van der Waals surface area (Å²) in [6.07, 6.45) is 1.28. The highest BCUT2D eigenvalue weighted by molar-refractivity contribution is 7.87. The van der Waals surface area contributed by atoms with Crippen molar-refractivity contribution in [3.63, 3.8) is 0 Å². The van der Waals surface area contributed by atoms with Gasteiger partial charge in [0.25, 0.3) is 0 Å². The molecule has 0 aliphatic heterocycles. The van der Waals surface area contributed by atoms with Crippen molar-refractivity contribution < 1.29 is 22.1 Å². The Balaban J connectivity index is 3.16. The van der Waals surface area contributed by atoms with E-state index in [9.17, 15) is 13.2 Å². The number of carbonyl (C=O) groups excluding carboxylic acids is 1. The largest absolute Gasteiger partial charge is 0.493 e. The van der Waals surface area contributed by atoms with Gasteiger partial charge in [0.15, 0.2) is 11.5 Å². The standard InChI is InChI=1S/C20H33NO5S/c1-8-15(3)21(19(22)13-20(4,5)6)14-16-10-11-17(25-7)18(12-16)26-27(23,24)9-2/h10-12,15H,8-9,13-14H2,1-7H3. The van der Waals surface area contributed by atoms with Crippen LogP contribution in [0.4, 0.5) is 0 Å². The predicted octanol–water partition coefficient (Wildman–Crippen LogP) is 3.99. The fraction of sp³-hybridized carbons (Fsp3) is 0.650. The van der Waals surface area contributed by atoms with Gasteiger partial charge in [-0.2, -0.15) is 8.42 Å². The monoisotopic (exact) mass is 399 g/mol. The molecule has 1 atom stereocenters. The Morgan fingerprint density at radius 2 is 1.81 bits per heavy atom. The molecule has 27 heavy (non-hydrogen) atoms. The van der Waals surface area contributed by atoms with E-state index in [1.165, 1.54) is 14.0 Å². The average Bonchev–Trinajstić information content (AvgIpc) is 2.57. The lowest BCUT2D eigenvalue weighted by Crippen LogP contribution is -2.39. The Morgan fingerprint density at radius 1 is 1.19 bits per heavy atom. The number of hydrogen-bond acceptors (Lipinski definition) is 5. The van der Waals surface area contributed by atoms with Gasteiger partial charge in [0.2, 0.25) is 5.91 Å². The van der Waals surface area contributed by atoms with Gasteiger partial charge in [0.1, 0.15) is 0 Å². The van der Waals surface area contributed by atoms with Gasteiger partial charge < -0.3 is 13.8 Å². The number of amides is 1. The predicted molar refractivity (Wildman–Crippen MR) is 107 cm³/mol. The normalized spacial score (nSPS) is 13.1. The van der Waals surface area contributed by atoms with Crippen molar-refractivity contribution in [3.05, 3.63) is 23.8 Å². The Kier molecular flexibility index (Phi) is 8.14. The van der Waals surface area contributed by atoms with Crippen LogP contribution in [0.15, 0.2) is 18.2 Å². The lowest BCUT2D eigenvalue weighted by atomic mass is 9.91.